The van der Waals surface area contributed by atoms with Crippen molar-refractivity contribution in [1.29, 1.82) is 5.26 Å². The largest absolute Gasteiger partial charge is 0.444 e. The van der Waals surface area contributed by atoms with Crippen LogP contribution in [0.5, 0.6) is 0 Å². The number of carbonyl (C=O) groups is 2. The van der Waals surface area contributed by atoms with Gasteiger partial charge in [0.05, 0.1) is 34.9 Å². The number of pyridine rings is 1. The van der Waals surface area contributed by atoms with Crippen molar-refractivity contribution in [1.82, 2.24) is 29.2 Å². The number of amides is 1. The van der Waals surface area contributed by atoms with Crippen LogP contribution in [0.25, 0.3) is 22.7 Å². The minimum absolute atomic E-state index is 0.0115. The molecule has 5 rings (SSSR count). The second kappa shape index (κ2) is 10.3. The van der Waals surface area contributed by atoms with Gasteiger partial charge in [0.2, 0.25) is 0 Å². The van der Waals surface area contributed by atoms with Gasteiger partial charge in [-0.15, -0.1) is 0 Å². The number of hydrogen-bond acceptors (Lipinski definition) is 8. The van der Waals surface area contributed by atoms with Crippen molar-refractivity contribution >= 4 is 28.6 Å². The van der Waals surface area contributed by atoms with E-state index in [0.717, 1.165) is 0 Å². The summed E-state index contributed by atoms with van der Waals surface area (Å²) < 4.78 is 38.4. The Balaban J connectivity index is 1.44. The maximum atomic E-state index is 15.3. The van der Waals surface area contributed by atoms with E-state index >= 15 is 4.39 Å². The van der Waals surface area contributed by atoms with Gasteiger partial charge in [-0.05, 0) is 58.9 Å². The molecule has 1 fully saturated rings. The number of nitriles is 1. The first kappa shape index (κ1) is 27.7. The molecular formula is C28H28F2N8O3. The number of fused-ring (bicyclic) bond motifs is 1. The molecule has 2 atom stereocenters. The molecule has 11 nitrogen and oxygen atoms in total. The molecule has 1 aromatic carbocycles. The number of aromatic nitrogens is 5. The number of alkyl halides is 1. The summed E-state index contributed by atoms with van der Waals surface area (Å²) in [5.41, 5.74) is 1.19. The van der Waals surface area contributed by atoms with Crippen LogP contribution in [0.2, 0.25) is 0 Å². The van der Waals surface area contributed by atoms with Crippen LogP contribution >= 0.6 is 0 Å². The number of rotatable bonds is 5. The summed E-state index contributed by atoms with van der Waals surface area (Å²) in [5.74, 6) is -0.328. The van der Waals surface area contributed by atoms with E-state index in [-0.39, 0.29) is 36.1 Å². The number of nitrogens with one attached hydrogen (secondary N) is 1. The third-order valence-corrected chi connectivity index (χ3v) is 6.57. The number of likely N-dealkylation sites (tertiary alicyclic amines) is 1. The summed E-state index contributed by atoms with van der Waals surface area (Å²) in [6.07, 6.45) is -0.595. The van der Waals surface area contributed by atoms with Crippen LogP contribution in [0, 0.1) is 24.1 Å². The molecule has 0 radical (unpaired) electrons. The van der Waals surface area contributed by atoms with Gasteiger partial charge in [-0.1, -0.05) is 0 Å². The van der Waals surface area contributed by atoms with Crippen LogP contribution in [0.3, 0.4) is 0 Å². The Morgan fingerprint density at radius 2 is 1.95 bits per heavy atom. The number of nitrogens with zero attached hydrogens (tertiary/aromatic N) is 7. The number of ether oxygens (including phenoxy) is 1. The van der Waals surface area contributed by atoms with Crippen molar-refractivity contribution in [2.24, 2.45) is 0 Å². The summed E-state index contributed by atoms with van der Waals surface area (Å²) in [5, 5.41) is 16.3. The fraction of sp³-hybridized carbons (Fsp3) is 0.357. The molecule has 0 saturated carbocycles. The molecule has 212 valence electrons. The first-order valence-electron chi connectivity index (χ1n) is 12.9. The lowest BCUT2D eigenvalue weighted by molar-refractivity contribution is 0.0283. The summed E-state index contributed by atoms with van der Waals surface area (Å²) in [6.45, 7) is 8.17. The number of anilines is 1. The molecule has 0 bridgehead atoms. The molecule has 1 amide bonds. The molecule has 0 unspecified atom stereocenters. The van der Waals surface area contributed by atoms with Gasteiger partial charge >= 0.3 is 6.09 Å². The monoisotopic (exact) mass is 562 g/mol. The van der Waals surface area contributed by atoms with Gasteiger partial charge in [0.15, 0.2) is 17.3 Å². The number of imidazole rings is 1. The number of aryl methyl sites for hydroxylation is 1. The van der Waals surface area contributed by atoms with Crippen LogP contribution in [-0.2, 0) is 4.74 Å². The van der Waals surface area contributed by atoms with Crippen LogP contribution in [0.15, 0.2) is 36.7 Å². The second-order valence-electron chi connectivity index (χ2n) is 10.9. The Hall–Kier alpha value is -4.86. The van der Waals surface area contributed by atoms with Gasteiger partial charge in [0, 0.05) is 18.3 Å². The van der Waals surface area contributed by atoms with E-state index in [9.17, 15) is 19.2 Å². The van der Waals surface area contributed by atoms with Gasteiger partial charge in [-0.25, -0.2) is 28.2 Å². The van der Waals surface area contributed by atoms with E-state index in [1.165, 1.54) is 35.0 Å². The predicted molar refractivity (Wildman–Crippen MR) is 146 cm³/mol. The Morgan fingerprint density at radius 1 is 1.20 bits per heavy atom. The zero-order valence-corrected chi connectivity index (χ0v) is 23.1. The zero-order valence-electron chi connectivity index (χ0n) is 23.1. The second-order valence-corrected chi connectivity index (χ2v) is 10.9. The summed E-state index contributed by atoms with van der Waals surface area (Å²) in [7, 11) is 0. The van der Waals surface area contributed by atoms with E-state index in [2.05, 4.69) is 20.4 Å². The molecule has 0 aliphatic carbocycles. The average Bonchev–Trinajstić information content (AvgIpc) is 3.59. The molecule has 4 heterocycles. The first-order valence-corrected chi connectivity index (χ1v) is 12.9. The number of carbonyl (C=O) groups excluding carboxylic acids is 2. The van der Waals surface area contributed by atoms with Crippen LogP contribution in [-0.4, -0.2) is 72.0 Å². The normalized spacial score (nSPS) is 17.1. The maximum absolute atomic E-state index is 15.3. The van der Waals surface area contributed by atoms with E-state index in [1.54, 1.807) is 50.5 Å². The zero-order chi connectivity index (χ0) is 29.6. The van der Waals surface area contributed by atoms with Crippen molar-refractivity contribution in [3.63, 3.8) is 0 Å². The third-order valence-electron chi connectivity index (χ3n) is 6.57. The highest BCUT2D eigenvalue weighted by Gasteiger charge is 2.37. The quantitative estimate of drug-likeness (QED) is 0.352. The number of hydrogen-bond donors (Lipinski definition) is 1. The van der Waals surface area contributed by atoms with Crippen LogP contribution in [0.1, 0.15) is 49.4 Å². The highest BCUT2D eigenvalue weighted by molar-refractivity contribution is 5.97. The number of halogens is 2. The number of Topliss-reactive ketones (excluding diaryl/α,β-unsaturated/α-hetero) is 1. The number of benzene rings is 1. The molecular weight excluding hydrogens is 534 g/mol. The fourth-order valence-corrected chi connectivity index (χ4v) is 4.65. The highest BCUT2D eigenvalue weighted by atomic mass is 19.1. The highest BCUT2D eigenvalue weighted by Crippen LogP contribution is 2.28. The third kappa shape index (κ3) is 5.45. The van der Waals surface area contributed by atoms with E-state index < -0.39 is 29.7 Å². The molecule has 1 saturated heterocycles. The van der Waals surface area contributed by atoms with Crippen molar-refractivity contribution in [3.8, 4) is 17.7 Å². The van der Waals surface area contributed by atoms with Gasteiger partial charge in [-0.3, -0.25) is 9.36 Å². The molecule has 0 spiro atoms. The molecule has 4 aromatic rings. The van der Waals surface area contributed by atoms with Crippen LogP contribution < -0.4 is 5.32 Å². The Morgan fingerprint density at radius 3 is 2.61 bits per heavy atom. The molecule has 1 aliphatic rings. The maximum Gasteiger partial charge on any atom is 0.410 e. The average molecular weight is 563 g/mol. The van der Waals surface area contributed by atoms with Gasteiger partial charge < -0.3 is 15.0 Å². The van der Waals surface area contributed by atoms with Crippen molar-refractivity contribution in [2.75, 3.05) is 18.4 Å². The predicted octanol–water partition coefficient (Wildman–Crippen LogP) is 4.50. The molecule has 1 N–H and O–H groups in total. The van der Waals surface area contributed by atoms with E-state index in [0.29, 0.717) is 28.1 Å². The van der Waals surface area contributed by atoms with Crippen molar-refractivity contribution in [2.45, 2.75) is 52.4 Å². The topological polar surface area (TPSA) is 131 Å². The Labute approximate surface area is 234 Å². The SMILES string of the molecule is CC(=O)c1ccc(-n2cnc3cc(N[C@H]4CN(C(=O)OC(C)(C)C)C[C@H]4F)c(F)cc32)nc1-n1nc(C#N)cc1C. The molecule has 13 heteroatoms. The van der Waals surface area contributed by atoms with Gasteiger partial charge in [0.1, 0.15) is 35.8 Å². The lowest BCUT2D eigenvalue weighted by Crippen LogP contribution is -2.36. The Bertz CT molecular complexity index is 1720. The van der Waals surface area contributed by atoms with Crippen molar-refractivity contribution in [3.05, 3.63) is 59.4 Å². The lowest BCUT2D eigenvalue weighted by Gasteiger charge is -2.24. The van der Waals surface area contributed by atoms with E-state index in [1.807, 2.05) is 6.07 Å². The minimum atomic E-state index is -1.43. The van der Waals surface area contributed by atoms with Gasteiger partial charge in [-0.2, -0.15) is 10.4 Å². The fourth-order valence-electron chi connectivity index (χ4n) is 4.65. The minimum Gasteiger partial charge on any atom is -0.444 e. The molecule has 1 aliphatic heterocycles. The van der Waals surface area contributed by atoms with Crippen molar-refractivity contribution < 1.29 is 23.1 Å². The van der Waals surface area contributed by atoms with Crippen LogP contribution in [0.4, 0.5) is 19.3 Å². The summed E-state index contributed by atoms with van der Waals surface area (Å²) in [4.78, 5) is 34.9. The van der Waals surface area contributed by atoms with E-state index in [4.69, 9.17) is 4.74 Å². The standard InChI is InChI=1S/C28H28F2N8O3/c1-15-8-17(11-31)35-38(15)26-18(16(2)39)6-7-25(34-26)37-14-32-22-10-21(19(29)9-24(22)37)33-23-13-36(12-20(23)30)27(40)41-28(3,4)5/h6-10,14,20,23,33H,12-13H2,1-5H3/t20-,23+/m1/s1. The summed E-state index contributed by atoms with van der Waals surface area (Å²) in [6, 6.07) is 8.62. The Kier molecular flexibility index (Phi) is 6.94. The van der Waals surface area contributed by atoms with Gasteiger partial charge in [0.25, 0.3) is 0 Å². The first-order chi connectivity index (χ1) is 19.3. The lowest BCUT2D eigenvalue weighted by atomic mass is 10.2. The molecule has 3 aromatic heterocycles. The summed E-state index contributed by atoms with van der Waals surface area (Å²) >= 11 is 0. The smallest absolute Gasteiger partial charge is 0.410 e. The number of ketones is 1. The molecule has 41 heavy (non-hydrogen) atoms.